The Morgan fingerprint density at radius 3 is 0.982 bits per heavy atom. The van der Waals surface area contributed by atoms with Gasteiger partial charge in [0, 0.05) is 11.4 Å². The zero-order chi connectivity index (χ0) is 37.3. The monoisotopic (exact) mass is 775 g/mol. The van der Waals surface area contributed by atoms with E-state index in [-0.39, 0.29) is 0 Å². The second kappa shape index (κ2) is 16.7. The van der Waals surface area contributed by atoms with Crippen LogP contribution >= 0.6 is 0 Å². The predicted octanol–water partition coefficient (Wildman–Crippen LogP) is 4.92. The Hall–Kier alpha value is -5.81. The Morgan fingerprint density at radius 1 is 0.345 bits per heavy atom. The van der Waals surface area contributed by atoms with E-state index in [1.165, 1.54) is 42.5 Å². The normalized spacial score (nSPS) is 12.1. The fourth-order valence-corrected chi connectivity index (χ4v) is 29.4. The van der Waals surface area contributed by atoms with Crippen molar-refractivity contribution in [2.75, 3.05) is 8.46 Å². The van der Waals surface area contributed by atoms with Crippen molar-refractivity contribution in [3.63, 3.8) is 0 Å². The van der Waals surface area contributed by atoms with Gasteiger partial charge in [-0.1, -0.05) is 218 Å². The molecule has 0 fully saturated rings. The van der Waals surface area contributed by atoms with E-state index in [2.05, 4.69) is 256 Å². The highest BCUT2D eigenvalue weighted by Crippen LogP contribution is 2.34. The molecule has 0 heterocycles. The van der Waals surface area contributed by atoms with E-state index in [0.29, 0.717) is 0 Å². The summed E-state index contributed by atoms with van der Waals surface area (Å²) >= 11 is 0. The lowest BCUT2D eigenvalue weighted by atomic mass is 10.3. The molecule has 0 aliphatic heterocycles. The maximum Gasteiger partial charge on any atom is 0.316 e. The number of anilines is 2. The van der Waals surface area contributed by atoms with E-state index in [4.69, 9.17) is 0 Å². The molecule has 0 spiro atoms. The number of benzene rings is 8. The molecule has 268 valence electrons. The van der Waals surface area contributed by atoms with Crippen LogP contribution < -0.4 is 44.2 Å². The molecule has 0 radical (unpaired) electrons. The van der Waals surface area contributed by atoms with Crippen LogP contribution in [0.1, 0.15) is 0 Å². The van der Waals surface area contributed by atoms with Gasteiger partial charge in [-0.3, -0.25) is 0 Å². The Morgan fingerprint density at radius 2 is 0.636 bits per heavy atom. The van der Waals surface area contributed by atoms with E-state index in [9.17, 15) is 0 Å². The van der Waals surface area contributed by atoms with Crippen molar-refractivity contribution < 1.29 is 0 Å². The van der Waals surface area contributed by atoms with Gasteiger partial charge in [0.2, 0.25) is 17.4 Å². The second-order valence-electron chi connectivity index (χ2n) is 13.7. The quantitative estimate of drug-likeness (QED) is 0.133. The fraction of sp³-hybridized carbons (Fsp3) is 0. The molecule has 0 bridgehead atoms. The third-order valence-corrected chi connectivity index (χ3v) is 27.1. The molecule has 55 heavy (non-hydrogen) atoms. The maximum absolute atomic E-state index is 4.17. The lowest BCUT2D eigenvalue weighted by Crippen LogP contribution is -2.94. The minimum absolute atomic E-state index is 0.832. The van der Waals surface area contributed by atoms with Gasteiger partial charge in [0.05, 0.1) is 10.4 Å². The molecule has 0 aliphatic rings. The largest absolute Gasteiger partial charge is 0.391 e. The van der Waals surface area contributed by atoms with Crippen LogP contribution in [0.2, 0.25) is 0 Å². The van der Waals surface area contributed by atoms with Gasteiger partial charge in [-0.2, -0.15) is 0 Å². The van der Waals surface area contributed by atoms with E-state index < -0.39 is 25.8 Å². The van der Waals surface area contributed by atoms with Crippen LogP contribution in [-0.4, -0.2) is 36.2 Å². The van der Waals surface area contributed by atoms with Crippen LogP contribution in [0, 0.1) is 0 Å². The van der Waals surface area contributed by atoms with Gasteiger partial charge in [-0.25, -0.2) is 0 Å². The van der Waals surface area contributed by atoms with Crippen molar-refractivity contribution in [2.45, 2.75) is 0 Å². The van der Waals surface area contributed by atoms with Crippen molar-refractivity contribution >= 4 is 78.7 Å². The number of rotatable bonds is 13. The molecular weight excluding hydrogens is 731 g/mol. The summed E-state index contributed by atoms with van der Waals surface area (Å²) in [7, 11) is -8.17. The first kappa shape index (κ1) is 36.2. The highest BCUT2D eigenvalue weighted by atomic mass is 28.4. The molecule has 0 aromatic heterocycles. The SMILES string of the molecule is [SiH3]N[SiH](c1ccccc1)N(c1ccccc1)[Si](c1ccccc1)(c1ccccc1)N(c1ccccc1)[Si](c1ccccc1)(c1ccccc1)c1ccccc1. The minimum Gasteiger partial charge on any atom is -0.391 e. The van der Waals surface area contributed by atoms with Gasteiger partial charge >= 0.3 is 8.40 Å². The van der Waals surface area contributed by atoms with Crippen LogP contribution in [0.15, 0.2) is 243 Å². The third kappa shape index (κ3) is 6.67. The standard InChI is InChI=1S/C48H45N3Si4/c52-49-53(43-29-13-3-14-30-43)50(41-25-9-1-10-26-41)55(47-37-21-7-22-38-47,48-39-23-8-24-40-48)51(42-27-11-2-12-28-42)54(44-31-15-4-16-32-44,45-33-17-5-18-34-45)46-35-19-6-20-36-46/h1-40,49,53H,52H3. The second-order valence-corrected chi connectivity index (χ2v) is 26.0. The molecule has 8 aromatic rings. The van der Waals surface area contributed by atoms with Crippen LogP contribution in [-0.2, 0) is 0 Å². The van der Waals surface area contributed by atoms with Gasteiger partial charge in [-0.05, 0) is 55.4 Å². The summed E-state index contributed by atoms with van der Waals surface area (Å²) in [5.41, 5.74) is 2.43. The average molecular weight is 776 g/mol. The minimum atomic E-state index is -3.49. The molecule has 0 saturated carbocycles. The lowest BCUT2D eigenvalue weighted by molar-refractivity contribution is 1.31. The van der Waals surface area contributed by atoms with Crippen LogP contribution in [0.3, 0.4) is 0 Å². The molecule has 8 rings (SSSR count). The van der Waals surface area contributed by atoms with Crippen molar-refractivity contribution in [2.24, 2.45) is 0 Å². The molecule has 0 amide bonds. The molecule has 7 heteroatoms. The Bertz CT molecular complexity index is 2220. The van der Waals surface area contributed by atoms with Crippen molar-refractivity contribution in [3.05, 3.63) is 243 Å². The Kier molecular flexibility index (Phi) is 11.0. The zero-order valence-electron chi connectivity index (χ0n) is 31.1. The van der Waals surface area contributed by atoms with Gasteiger partial charge in [0.25, 0.3) is 0 Å². The zero-order valence-corrected chi connectivity index (χ0v) is 36.2. The van der Waals surface area contributed by atoms with Gasteiger partial charge in [-0.15, -0.1) is 0 Å². The molecule has 0 saturated heterocycles. The highest BCUT2D eigenvalue weighted by Gasteiger charge is 2.61. The number of nitrogens with zero attached hydrogens (tertiary/aromatic N) is 2. The maximum atomic E-state index is 4.17. The topological polar surface area (TPSA) is 18.5 Å². The lowest BCUT2D eigenvalue weighted by Gasteiger charge is -2.60. The van der Waals surface area contributed by atoms with Gasteiger partial charge < -0.3 is 13.1 Å². The summed E-state index contributed by atoms with van der Waals surface area (Å²) in [6, 6.07) is 91.0. The highest BCUT2D eigenvalue weighted by molar-refractivity contribution is 7.29. The fourth-order valence-electron chi connectivity index (χ4n) is 8.47. The summed E-state index contributed by atoms with van der Waals surface area (Å²) in [5.74, 6) is 0. The van der Waals surface area contributed by atoms with Gasteiger partial charge in [0.1, 0.15) is 0 Å². The summed E-state index contributed by atoms with van der Waals surface area (Å²) in [4.78, 5) is 0. The van der Waals surface area contributed by atoms with Crippen molar-refractivity contribution in [3.8, 4) is 0 Å². The molecule has 0 aliphatic carbocycles. The van der Waals surface area contributed by atoms with E-state index in [1.807, 2.05) is 0 Å². The number of hydrogen-bond acceptors (Lipinski definition) is 3. The number of para-hydroxylation sites is 2. The number of nitrogens with one attached hydrogen (secondary N) is 1. The molecular formula is C48H45N3Si4. The first-order valence-electron chi connectivity index (χ1n) is 19.0. The Balaban J connectivity index is 1.67. The van der Waals surface area contributed by atoms with Crippen molar-refractivity contribution in [1.29, 1.82) is 0 Å². The average Bonchev–Trinajstić information content (AvgIpc) is 3.28. The van der Waals surface area contributed by atoms with E-state index >= 15 is 0 Å². The summed E-state index contributed by atoms with van der Waals surface area (Å²) in [6.07, 6.45) is 0. The number of hydrogen-bond donors (Lipinski definition) is 1. The Labute approximate surface area is 332 Å². The van der Waals surface area contributed by atoms with Crippen LogP contribution in [0.4, 0.5) is 11.4 Å². The van der Waals surface area contributed by atoms with E-state index in [1.54, 1.807) is 0 Å². The van der Waals surface area contributed by atoms with Crippen molar-refractivity contribution in [1.82, 2.24) is 4.65 Å². The van der Waals surface area contributed by atoms with Crippen LogP contribution in [0.5, 0.6) is 0 Å². The first-order valence-corrected chi connectivity index (χ1v) is 25.5. The molecule has 1 N–H and O–H groups in total. The molecule has 1 atom stereocenters. The van der Waals surface area contributed by atoms with E-state index in [0.717, 1.165) is 10.4 Å². The summed E-state index contributed by atoms with van der Waals surface area (Å²) in [5, 5.41) is 8.04. The predicted molar refractivity (Wildman–Crippen MR) is 246 cm³/mol. The smallest absolute Gasteiger partial charge is 0.316 e. The van der Waals surface area contributed by atoms with Gasteiger partial charge in [0.15, 0.2) is 0 Å². The summed E-state index contributed by atoms with van der Waals surface area (Å²) in [6.45, 7) is 0. The molecule has 8 aromatic carbocycles. The summed E-state index contributed by atoms with van der Waals surface area (Å²) < 4.78 is 10.1. The molecule has 1 unspecified atom stereocenters. The third-order valence-electron chi connectivity index (χ3n) is 10.6. The molecule has 3 nitrogen and oxygen atoms in total. The first-order chi connectivity index (χ1) is 27.3. The van der Waals surface area contributed by atoms with Crippen LogP contribution in [0.25, 0.3) is 0 Å².